The minimum absolute atomic E-state index is 0.0573. The Morgan fingerprint density at radius 1 is 1.28 bits per heavy atom. The van der Waals surface area contributed by atoms with E-state index in [1.54, 1.807) is 6.20 Å². The Balaban J connectivity index is 1.96. The van der Waals surface area contributed by atoms with Crippen molar-refractivity contribution in [1.82, 2.24) is 9.97 Å². The number of pyridine rings is 2. The topological polar surface area (TPSA) is 99.7 Å². The second kappa shape index (κ2) is 7.11. The zero-order valence-electron chi connectivity index (χ0n) is 13.6. The number of anilines is 3. The van der Waals surface area contributed by atoms with Crippen LogP contribution in [0.25, 0.3) is 10.9 Å². The van der Waals surface area contributed by atoms with E-state index < -0.39 is 5.82 Å². The first-order valence-corrected chi connectivity index (χ1v) is 7.79. The largest absolute Gasteiger partial charge is 0.364 e. The lowest BCUT2D eigenvalue weighted by Gasteiger charge is -2.15. The SMILES string of the molecule is C[C@H](CN)Nc1nc(Nc2ccc3ncccc3c2)c(C#N)cc1F. The van der Waals surface area contributed by atoms with Crippen molar-refractivity contribution in [1.29, 1.82) is 5.26 Å². The van der Waals surface area contributed by atoms with Crippen molar-refractivity contribution in [3.63, 3.8) is 0 Å². The Labute approximate surface area is 144 Å². The van der Waals surface area contributed by atoms with Gasteiger partial charge in [-0.2, -0.15) is 5.26 Å². The van der Waals surface area contributed by atoms with Crippen molar-refractivity contribution in [3.05, 3.63) is 54.0 Å². The molecule has 0 saturated heterocycles. The molecule has 6 nitrogen and oxygen atoms in total. The van der Waals surface area contributed by atoms with Crippen LogP contribution in [-0.4, -0.2) is 22.6 Å². The number of fused-ring (bicyclic) bond motifs is 1. The fraction of sp³-hybridized carbons (Fsp3) is 0.167. The number of nitrogens with zero attached hydrogens (tertiary/aromatic N) is 3. The number of nitriles is 1. The molecule has 7 heteroatoms. The van der Waals surface area contributed by atoms with Gasteiger partial charge in [-0.25, -0.2) is 9.37 Å². The summed E-state index contributed by atoms with van der Waals surface area (Å²) in [6.45, 7) is 2.16. The van der Waals surface area contributed by atoms with Gasteiger partial charge in [-0.15, -0.1) is 0 Å². The van der Waals surface area contributed by atoms with Gasteiger partial charge < -0.3 is 16.4 Å². The van der Waals surface area contributed by atoms with Crippen LogP contribution in [-0.2, 0) is 0 Å². The van der Waals surface area contributed by atoms with E-state index in [4.69, 9.17) is 5.73 Å². The minimum atomic E-state index is -0.592. The first kappa shape index (κ1) is 16.6. The summed E-state index contributed by atoms with van der Waals surface area (Å²) in [6.07, 6.45) is 1.72. The van der Waals surface area contributed by atoms with Gasteiger partial charge in [-0.1, -0.05) is 6.07 Å². The molecule has 2 aromatic heterocycles. The van der Waals surface area contributed by atoms with E-state index in [9.17, 15) is 9.65 Å². The van der Waals surface area contributed by atoms with E-state index in [1.165, 1.54) is 0 Å². The average molecular weight is 336 g/mol. The van der Waals surface area contributed by atoms with E-state index in [2.05, 4.69) is 20.6 Å². The first-order valence-electron chi connectivity index (χ1n) is 7.79. The zero-order chi connectivity index (χ0) is 17.8. The Hall–Kier alpha value is -3.24. The molecule has 2 heterocycles. The van der Waals surface area contributed by atoms with Crippen molar-refractivity contribution in [3.8, 4) is 6.07 Å². The second-order valence-corrected chi connectivity index (χ2v) is 5.64. The number of aromatic nitrogens is 2. The molecule has 1 atom stereocenters. The molecule has 3 rings (SSSR count). The predicted molar refractivity (Wildman–Crippen MR) is 96.1 cm³/mol. The van der Waals surface area contributed by atoms with E-state index in [-0.39, 0.29) is 23.2 Å². The molecule has 0 aliphatic carbocycles. The first-order chi connectivity index (χ1) is 12.1. The summed E-state index contributed by atoms with van der Waals surface area (Å²) in [5, 5.41) is 16.2. The van der Waals surface area contributed by atoms with Crippen LogP contribution >= 0.6 is 0 Å². The van der Waals surface area contributed by atoms with Gasteiger partial charge in [0, 0.05) is 29.9 Å². The van der Waals surface area contributed by atoms with Crippen LogP contribution in [0.3, 0.4) is 0 Å². The molecule has 0 saturated carbocycles. The molecule has 0 radical (unpaired) electrons. The molecule has 126 valence electrons. The van der Waals surface area contributed by atoms with Crippen molar-refractivity contribution in [2.24, 2.45) is 5.73 Å². The molecule has 0 spiro atoms. The standard InChI is InChI=1S/C18H17FN6/c1-11(9-20)23-18-15(19)8-13(10-21)17(25-18)24-14-4-5-16-12(7-14)3-2-6-22-16/h2-8,11H,9,20H2,1H3,(H2,23,24,25)/t11-/m1/s1. The lowest BCUT2D eigenvalue weighted by Crippen LogP contribution is -2.26. The number of hydrogen-bond donors (Lipinski definition) is 3. The van der Waals surface area contributed by atoms with Gasteiger partial charge in [0.25, 0.3) is 0 Å². The van der Waals surface area contributed by atoms with Crippen LogP contribution in [0.5, 0.6) is 0 Å². The number of nitrogens with one attached hydrogen (secondary N) is 2. The predicted octanol–water partition coefficient (Wildman–Crippen LogP) is 3.14. The monoisotopic (exact) mass is 336 g/mol. The van der Waals surface area contributed by atoms with Crippen molar-refractivity contribution in [2.45, 2.75) is 13.0 Å². The summed E-state index contributed by atoms with van der Waals surface area (Å²) in [4.78, 5) is 8.48. The highest BCUT2D eigenvalue weighted by Crippen LogP contribution is 2.25. The normalized spacial score (nSPS) is 11.8. The third-order valence-corrected chi connectivity index (χ3v) is 3.70. The quantitative estimate of drug-likeness (QED) is 0.662. The highest BCUT2D eigenvalue weighted by Gasteiger charge is 2.14. The van der Waals surface area contributed by atoms with E-state index >= 15 is 0 Å². The summed E-state index contributed by atoms with van der Waals surface area (Å²) in [5.74, 6) is -0.258. The summed E-state index contributed by atoms with van der Waals surface area (Å²) in [5.41, 5.74) is 7.27. The molecule has 1 aromatic carbocycles. The average Bonchev–Trinajstić information content (AvgIpc) is 2.63. The Morgan fingerprint density at radius 3 is 2.88 bits per heavy atom. The molecular weight excluding hydrogens is 319 g/mol. The van der Waals surface area contributed by atoms with E-state index in [0.717, 1.165) is 22.7 Å². The lowest BCUT2D eigenvalue weighted by atomic mass is 10.2. The fourth-order valence-electron chi connectivity index (χ4n) is 2.35. The molecule has 0 bridgehead atoms. The Bertz CT molecular complexity index is 950. The van der Waals surface area contributed by atoms with E-state index in [0.29, 0.717) is 6.54 Å². The van der Waals surface area contributed by atoms with Crippen LogP contribution in [0.1, 0.15) is 12.5 Å². The van der Waals surface area contributed by atoms with Gasteiger partial charge in [0.2, 0.25) is 0 Å². The molecule has 4 N–H and O–H groups in total. The van der Waals surface area contributed by atoms with Crippen molar-refractivity contribution < 1.29 is 4.39 Å². The van der Waals surface area contributed by atoms with Crippen LogP contribution in [0.15, 0.2) is 42.6 Å². The third-order valence-electron chi connectivity index (χ3n) is 3.70. The minimum Gasteiger partial charge on any atom is -0.364 e. The highest BCUT2D eigenvalue weighted by molar-refractivity contribution is 5.83. The molecule has 0 aliphatic rings. The summed E-state index contributed by atoms with van der Waals surface area (Å²) in [7, 11) is 0. The number of hydrogen-bond acceptors (Lipinski definition) is 6. The Morgan fingerprint density at radius 2 is 2.12 bits per heavy atom. The Kier molecular flexibility index (Phi) is 4.73. The fourth-order valence-corrected chi connectivity index (χ4v) is 2.35. The molecular formula is C18H17FN6. The second-order valence-electron chi connectivity index (χ2n) is 5.64. The number of rotatable bonds is 5. The number of benzene rings is 1. The molecule has 0 aliphatic heterocycles. The maximum absolute atomic E-state index is 14.1. The van der Waals surface area contributed by atoms with Crippen LogP contribution in [0, 0.1) is 17.1 Å². The summed E-state index contributed by atoms with van der Waals surface area (Å²) in [6, 6.07) is 12.3. The van der Waals surface area contributed by atoms with Gasteiger partial charge in [0.1, 0.15) is 6.07 Å². The molecule has 0 fully saturated rings. The molecule has 0 amide bonds. The lowest BCUT2D eigenvalue weighted by molar-refractivity contribution is 0.620. The van der Waals surface area contributed by atoms with Gasteiger partial charge in [0.15, 0.2) is 17.5 Å². The van der Waals surface area contributed by atoms with E-state index in [1.807, 2.05) is 43.3 Å². The van der Waals surface area contributed by atoms with Gasteiger partial charge in [-0.05, 0) is 37.3 Å². The van der Waals surface area contributed by atoms with Gasteiger partial charge in [0.05, 0.1) is 11.1 Å². The molecule has 3 aromatic rings. The van der Waals surface area contributed by atoms with Crippen LogP contribution in [0.2, 0.25) is 0 Å². The summed E-state index contributed by atoms with van der Waals surface area (Å²) < 4.78 is 14.1. The van der Waals surface area contributed by atoms with Gasteiger partial charge >= 0.3 is 0 Å². The van der Waals surface area contributed by atoms with Crippen molar-refractivity contribution >= 4 is 28.2 Å². The third kappa shape index (κ3) is 3.65. The van der Waals surface area contributed by atoms with Crippen LogP contribution < -0.4 is 16.4 Å². The maximum atomic E-state index is 14.1. The smallest absolute Gasteiger partial charge is 0.166 e. The van der Waals surface area contributed by atoms with Crippen molar-refractivity contribution in [2.75, 3.05) is 17.2 Å². The zero-order valence-corrected chi connectivity index (χ0v) is 13.6. The number of nitrogens with two attached hydrogens (primary N) is 1. The van der Waals surface area contributed by atoms with Gasteiger partial charge in [-0.3, -0.25) is 4.98 Å². The molecule has 0 unspecified atom stereocenters. The summed E-state index contributed by atoms with van der Waals surface area (Å²) >= 11 is 0. The van der Waals surface area contributed by atoms with Crippen LogP contribution in [0.4, 0.5) is 21.7 Å². The maximum Gasteiger partial charge on any atom is 0.166 e. The molecule has 25 heavy (non-hydrogen) atoms. The highest BCUT2D eigenvalue weighted by atomic mass is 19.1. The number of halogens is 1.